The molecule has 0 saturated heterocycles. The summed E-state index contributed by atoms with van der Waals surface area (Å²) in [6, 6.07) is 11.3. The first kappa shape index (κ1) is 28.8. The standard InChI is InChI=1S/C32H33F3O6/c1-17-11-21(40-16-31(3,4)38)12-18(2)29(17)30-24-8-10-26(23(24)7-9-25(30)32(33,34)35)41-20-5-6-22-19(13-28(36)37)15-39-27(22)14-20/h5-7,9,11-12,14,19,26,38H,8,10,13,15-16H2,1-4H3,(H,36,37)/t19?,26-/m1/s1. The monoisotopic (exact) mass is 570 g/mol. The van der Waals surface area contributed by atoms with Gasteiger partial charge in [0, 0.05) is 17.5 Å². The Labute approximate surface area is 236 Å². The lowest BCUT2D eigenvalue weighted by Gasteiger charge is -2.23. The second-order valence-corrected chi connectivity index (χ2v) is 11.5. The molecule has 3 aromatic rings. The highest BCUT2D eigenvalue weighted by Gasteiger charge is 2.39. The minimum Gasteiger partial charge on any atom is -0.492 e. The fourth-order valence-electron chi connectivity index (χ4n) is 5.85. The average Bonchev–Trinajstić information content (AvgIpc) is 3.45. The van der Waals surface area contributed by atoms with E-state index >= 15 is 0 Å². The molecule has 1 aliphatic heterocycles. The van der Waals surface area contributed by atoms with Crippen molar-refractivity contribution in [1.82, 2.24) is 0 Å². The molecule has 0 spiro atoms. The fourth-order valence-corrected chi connectivity index (χ4v) is 5.85. The number of halogens is 3. The molecule has 1 heterocycles. The molecule has 9 heteroatoms. The Hall–Kier alpha value is -3.72. The maximum absolute atomic E-state index is 14.3. The van der Waals surface area contributed by atoms with Crippen LogP contribution in [0.4, 0.5) is 13.2 Å². The van der Waals surface area contributed by atoms with E-state index in [4.69, 9.17) is 19.3 Å². The Bertz CT molecular complexity index is 1460. The number of hydrogen-bond donors (Lipinski definition) is 2. The van der Waals surface area contributed by atoms with Crippen molar-refractivity contribution in [1.29, 1.82) is 0 Å². The largest absolute Gasteiger partial charge is 0.492 e. The van der Waals surface area contributed by atoms with E-state index in [-0.39, 0.29) is 31.1 Å². The van der Waals surface area contributed by atoms with Crippen LogP contribution in [-0.4, -0.2) is 35.0 Å². The zero-order valence-electron chi connectivity index (χ0n) is 23.4. The molecule has 0 fully saturated rings. The smallest absolute Gasteiger partial charge is 0.417 e. The second kappa shape index (κ2) is 10.6. The number of alkyl halides is 3. The van der Waals surface area contributed by atoms with Crippen LogP contribution in [0.25, 0.3) is 11.1 Å². The average molecular weight is 571 g/mol. The summed E-state index contributed by atoms with van der Waals surface area (Å²) in [5, 5.41) is 19.2. The van der Waals surface area contributed by atoms with E-state index in [2.05, 4.69) is 0 Å². The van der Waals surface area contributed by atoms with Crippen LogP contribution < -0.4 is 14.2 Å². The maximum Gasteiger partial charge on any atom is 0.417 e. The number of rotatable bonds is 8. The molecule has 6 nitrogen and oxygen atoms in total. The summed E-state index contributed by atoms with van der Waals surface area (Å²) in [5.74, 6) is 0.436. The molecular weight excluding hydrogens is 537 g/mol. The van der Waals surface area contributed by atoms with E-state index in [9.17, 15) is 23.1 Å². The van der Waals surface area contributed by atoms with Gasteiger partial charge in [0.2, 0.25) is 0 Å². The maximum atomic E-state index is 14.3. The van der Waals surface area contributed by atoms with Gasteiger partial charge >= 0.3 is 12.1 Å². The number of aliphatic carboxylic acids is 1. The number of carboxylic acids is 1. The molecule has 3 aromatic carbocycles. The van der Waals surface area contributed by atoms with Crippen LogP contribution in [0.15, 0.2) is 42.5 Å². The second-order valence-electron chi connectivity index (χ2n) is 11.5. The number of fused-ring (bicyclic) bond motifs is 2. The predicted molar refractivity (Wildman–Crippen MR) is 147 cm³/mol. The van der Waals surface area contributed by atoms with Crippen molar-refractivity contribution in [3.8, 4) is 28.4 Å². The Morgan fingerprint density at radius 2 is 1.68 bits per heavy atom. The minimum atomic E-state index is -4.55. The van der Waals surface area contributed by atoms with Gasteiger partial charge in [0.1, 0.15) is 30.0 Å². The van der Waals surface area contributed by atoms with E-state index in [1.165, 1.54) is 6.07 Å². The summed E-state index contributed by atoms with van der Waals surface area (Å²) >= 11 is 0. The number of ether oxygens (including phenoxy) is 3. The van der Waals surface area contributed by atoms with Crippen LogP contribution in [0.3, 0.4) is 0 Å². The highest BCUT2D eigenvalue weighted by molar-refractivity contribution is 5.80. The van der Waals surface area contributed by atoms with Gasteiger partial charge in [0.05, 0.1) is 24.2 Å². The molecule has 0 saturated carbocycles. The quantitative estimate of drug-likeness (QED) is 0.299. The first-order valence-corrected chi connectivity index (χ1v) is 13.6. The first-order valence-electron chi connectivity index (χ1n) is 13.6. The lowest BCUT2D eigenvalue weighted by molar-refractivity contribution is -0.138. The molecule has 0 radical (unpaired) electrons. The molecule has 0 aromatic heterocycles. The van der Waals surface area contributed by atoms with Crippen molar-refractivity contribution in [2.45, 2.75) is 70.8 Å². The van der Waals surface area contributed by atoms with Crippen molar-refractivity contribution in [2.24, 2.45) is 0 Å². The van der Waals surface area contributed by atoms with Crippen LogP contribution in [0.5, 0.6) is 17.2 Å². The SMILES string of the molecule is Cc1cc(OCC(C)(C)O)cc(C)c1-c1c(C(F)(F)F)ccc2c1CC[C@H]2Oc1ccc2c(c1)OCC2CC(=O)O. The predicted octanol–water partition coefficient (Wildman–Crippen LogP) is 7.16. The van der Waals surface area contributed by atoms with Gasteiger partial charge in [-0.15, -0.1) is 0 Å². The molecular formula is C32H33F3O6. The molecule has 1 unspecified atom stereocenters. The summed E-state index contributed by atoms with van der Waals surface area (Å²) in [6.07, 6.45) is -4.11. The fraction of sp³-hybridized carbons (Fsp3) is 0.406. The number of carbonyl (C=O) groups is 1. The molecule has 2 aliphatic rings. The highest BCUT2D eigenvalue weighted by Crippen LogP contribution is 2.48. The molecule has 0 bridgehead atoms. The van der Waals surface area contributed by atoms with Crippen molar-refractivity contribution >= 4 is 5.97 Å². The topological polar surface area (TPSA) is 85.2 Å². The Kier molecular flexibility index (Phi) is 7.44. The molecule has 0 amide bonds. The number of aliphatic hydroxyl groups is 1. The number of aryl methyl sites for hydroxylation is 2. The summed E-state index contributed by atoms with van der Waals surface area (Å²) in [5.41, 5.74) is 2.36. The summed E-state index contributed by atoms with van der Waals surface area (Å²) in [4.78, 5) is 11.2. The molecule has 5 rings (SSSR count). The Morgan fingerprint density at radius 1 is 1.00 bits per heavy atom. The van der Waals surface area contributed by atoms with Crippen molar-refractivity contribution < 1.29 is 42.4 Å². The Morgan fingerprint density at radius 3 is 2.32 bits per heavy atom. The third-order valence-corrected chi connectivity index (χ3v) is 7.57. The number of benzene rings is 3. The third kappa shape index (κ3) is 6.00. The minimum absolute atomic E-state index is 0.0289. The summed E-state index contributed by atoms with van der Waals surface area (Å²) in [7, 11) is 0. The van der Waals surface area contributed by atoms with Crippen LogP contribution in [0, 0.1) is 13.8 Å². The van der Waals surface area contributed by atoms with Crippen LogP contribution in [-0.2, 0) is 17.4 Å². The van der Waals surface area contributed by atoms with Crippen LogP contribution in [0.2, 0.25) is 0 Å². The first-order chi connectivity index (χ1) is 19.2. The summed E-state index contributed by atoms with van der Waals surface area (Å²) < 4.78 is 60.7. The van der Waals surface area contributed by atoms with E-state index < -0.39 is 29.4 Å². The zero-order chi connectivity index (χ0) is 29.7. The normalized spacial score (nSPS) is 18.0. The van der Waals surface area contributed by atoms with Crippen molar-refractivity contribution in [3.63, 3.8) is 0 Å². The summed E-state index contributed by atoms with van der Waals surface area (Å²) in [6.45, 7) is 7.10. The van der Waals surface area contributed by atoms with Gasteiger partial charge < -0.3 is 24.4 Å². The van der Waals surface area contributed by atoms with E-state index in [0.29, 0.717) is 57.9 Å². The van der Waals surface area contributed by atoms with Crippen molar-refractivity contribution in [2.75, 3.05) is 13.2 Å². The van der Waals surface area contributed by atoms with Gasteiger partial charge in [0.15, 0.2) is 0 Å². The highest BCUT2D eigenvalue weighted by atomic mass is 19.4. The number of carboxylic acid groups (broad SMARTS) is 1. The molecule has 41 heavy (non-hydrogen) atoms. The van der Waals surface area contributed by atoms with Gasteiger partial charge in [-0.05, 0) is 98.2 Å². The van der Waals surface area contributed by atoms with E-state index in [0.717, 1.165) is 11.6 Å². The van der Waals surface area contributed by atoms with E-state index in [1.54, 1.807) is 58.0 Å². The van der Waals surface area contributed by atoms with Crippen LogP contribution in [0.1, 0.15) is 72.1 Å². The lowest BCUT2D eigenvalue weighted by atomic mass is 9.86. The van der Waals surface area contributed by atoms with Gasteiger partial charge in [0.25, 0.3) is 0 Å². The molecule has 1 aliphatic carbocycles. The molecule has 218 valence electrons. The van der Waals surface area contributed by atoms with Crippen molar-refractivity contribution in [3.05, 3.63) is 75.8 Å². The van der Waals surface area contributed by atoms with Gasteiger partial charge in [-0.3, -0.25) is 4.79 Å². The lowest BCUT2D eigenvalue weighted by Crippen LogP contribution is -2.27. The van der Waals surface area contributed by atoms with Gasteiger partial charge in [-0.25, -0.2) is 0 Å². The van der Waals surface area contributed by atoms with Gasteiger partial charge in [-0.1, -0.05) is 12.1 Å². The molecule has 2 N–H and O–H groups in total. The van der Waals surface area contributed by atoms with Gasteiger partial charge in [-0.2, -0.15) is 13.2 Å². The Balaban J connectivity index is 1.49. The van der Waals surface area contributed by atoms with E-state index in [1.807, 2.05) is 0 Å². The molecule has 2 atom stereocenters. The zero-order valence-corrected chi connectivity index (χ0v) is 23.4. The van der Waals surface area contributed by atoms with Crippen LogP contribution >= 0.6 is 0 Å². The number of hydrogen-bond acceptors (Lipinski definition) is 5. The third-order valence-electron chi connectivity index (χ3n) is 7.57.